The minimum Gasteiger partial charge on any atom is -0.303 e. The van der Waals surface area contributed by atoms with Gasteiger partial charge in [-0.25, -0.2) is 0 Å². The van der Waals surface area contributed by atoms with Crippen molar-refractivity contribution in [2.45, 2.75) is 84.6 Å². The third-order valence-corrected chi connectivity index (χ3v) is 5.73. The van der Waals surface area contributed by atoms with Gasteiger partial charge in [0.25, 0.3) is 0 Å². The van der Waals surface area contributed by atoms with Crippen LogP contribution < -0.4 is 0 Å². The van der Waals surface area contributed by atoms with Crippen molar-refractivity contribution in [3.05, 3.63) is 0 Å². The molecule has 2 fully saturated rings. The van der Waals surface area contributed by atoms with E-state index in [1.807, 2.05) is 0 Å². The van der Waals surface area contributed by atoms with Crippen molar-refractivity contribution in [2.75, 3.05) is 13.1 Å². The second kappa shape index (κ2) is 7.76. The van der Waals surface area contributed by atoms with Crippen LogP contribution in [0, 0.1) is 17.3 Å². The average Bonchev–Trinajstić information content (AvgIpc) is 2.97. The highest BCUT2D eigenvalue weighted by Gasteiger charge is 2.38. The van der Waals surface area contributed by atoms with E-state index in [-0.39, 0.29) is 5.41 Å². The van der Waals surface area contributed by atoms with Gasteiger partial charge < -0.3 is 4.79 Å². The number of carbonyl (C=O) groups is 1. The van der Waals surface area contributed by atoms with Crippen LogP contribution in [0.5, 0.6) is 0 Å². The summed E-state index contributed by atoms with van der Waals surface area (Å²) in [5.74, 6) is 1.48. The zero-order chi connectivity index (χ0) is 15.3. The zero-order valence-corrected chi connectivity index (χ0v) is 14.4. The van der Waals surface area contributed by atoms with Crippen molar-refractivity contribution in [1.29, 1.82) is 0 Å². The topological polar surface area (TPSA) is 20.3 Å². The van der Waals surface area contributed by atoms with Crippen LogP contribution in [0.1, 0.15) is 78.6 Å². The monoisotopic (exact) mass is 293 g/mol. The fourth-order valence-electron chi connectivity index (χ4n) is 4.48. The summed E-state index contributed by atoms with van der Waals surface area (Å²) >= 11 is 0. The highest BCUT2D eigenvalue weighted by atomic mass is 16.1. The van der Waals surface area contributed by atoms with Gasteiger partial charge in [-0.1, -0.05) is 46.5 Å². The molecule has 2 atom stereocenters. The molecule has 0 bridgehead atoms. The Morgan fingerprint density at radius 3 is 2.48 bits per heavy atom. The molecule has 0 aromatic heterocycles. The molecule has 122 valence electrons. The molecule has 21 heavy (non-hydrogen) atoms. The molecule has 0 heterocycles. The summed E-state index contributed by atoms with van der Waals surface area (Å²) in [6.45, 7) is 9.16. The molecule has 0 aliphatic heterocycles. The molecule has 2 rings (SSSR count). The molecule has 0 radical (unpaired) electrons. The maximum Gasteiger partial charge on any atom is 0.127 e. The Morgan fingerprint density at radius 1 is 1.19 bits per heavy atom. The van der Waals surface area contributed by atoms with Gasteiger partial charge in [0.15, 0.2) is 0 Å². The first-order valence-corrected chi connectivity index (χ1v) is 9.25. The van der Waals surface area contributed by atoms with Crippen molar-refractivity contribution in [3.8, 4) is 0 Å². The molecule has 2 aliphatic carbocycles. The molecule has 0 aromatic carbocycles. The number of aldehydes is 1. The number of hydrogen-bond acceptors (Lipinski definition) is 2. The quantitative estimate of drug-likeness (QED) is 0.636. The Bertz CT molecular complexity index is 322. The molecule has 0 N–H and O–H groups in total. The molecule has 2 aliphatic rings. The Labute approximate surface area is 131 Å². The largest absolute Gasteiger partial charge is 0.303 e. The minimum absolute atomic E-state index is 0.0444. The first-order valence-electron chi connectivity index (χ1n) is 9.25. The molecule has 2 unspecified atom stereocenters. The molecule has 2 saturated carbocycles. The first kappa shape index (κ1) is 17.0. The smallest absolute Gasteiger partial charge is 0.127 e. The van der Waals surface area contributed by atoms with Crippen molar-refractivity contribution < 1.29 is 4.79 Å². The fraction of sp³-hybridized carbons (Fsp3) is 0.947. The van der Waals surface area contributed by atoms with E-state index < -0.39 is 0 Å². The Balaban J connectivity index is 2.02. The van der Waals surface area contributed by atoms with Gasteiger partial charge in [-0.15, -0.1) is 0 Å². The SMILES string of the molecule is CC(C)CCN(CC1(C=O)CCCC(C)C1)C1CCCC1. The molecular weight excluding hydrogens is 258 g/mol. The molecule has 2 heteroatoms. The van der Waals surface area contributed by atoms with Gasteiger partial charge in [0.05, 0.1) is 0 Å². The Kier molecular flexibility index (Phi) is 6.28. The van der Waals surface area contributed by atoms with Gasteiger partial charge in [0.1, 0.15) is 6.29 Å². The summed E-state index contributed by atoms with van der Waals surface area (Å²) in [6.07, 6.45) is 12.8. The van der Waals surface area contributed by atoms with Gasteiger partial charge in [-0.3, -0.25) is 4.90 Å². The minimum atomic E-state index is -0.0444. The Morgan fingerprint density at radius 2 is 1.90 bits per heavy atom. The lowest BCUT2D eigenvalue weighted by Gasteiger charge is -2.41. The summed E-state index contributed by atoms with van der Waals surface area (Å²) in [6, 6.07) is 0.748. The van der Waals surface area contributed by atoms with Gasteiger partial charge in [-0.2, -0.15) is 0 Å². The van der Waals surface area contributed by atoms with Crippen molar-refractivity contribution >= 4 is 6.29 Å². The summed E-state index contributed by atoms with van der Waals surface area (Å²) in [7, 11) is 0. The van der Waals surface area contributed by atoms with Crippen LogP contribution in [0.25, 0.3) is 0 Å². The van der Waals surface area contributed by atoms with Crippen LogP contribution in [0.3, 0.4) is 0 Å². The van der Waals surface area contributed by atoms with Crippen LogP contribution in [0.4, 0.5) is 0 Å². The molecule has 0 amide bonds. The third kappa shape index (κ3) is 4.81. The molecule has 2 nitrogen and oxygen atoms in total. The van der Waals surface area contributed by atoms with Gasteiger partial charge >= 0.3 is 0 Å². The van der Waals surface area contributed by atoms with Crippen molar-refractivity contribution in [2.24, 2.45) is 17.3 Å². The van der Waals surface area contributed by atoms with Crippen LogP contribution in [0.2, 0.25) is 0 Å². The van der Waals surface area contributed by atoms with Crippen molar-refractivity contribution in [1.82, 2.24) is 4.90 Å². The lowest BCUT2D eigenvalue weighted by atomic mass is 9.70. The highest BCUT2D eigenvalue weighted by molar-refractivity contribution is 5.60. The van der Waals surface area contributed by atoms with Crippen LogP contribution in [0.15, 0.2) is 0 Å². The second-order valence-corrected chi connectivity index (χ2v) is 8.27. The number of carbonyl (C=O) groups excluding carboxylic acids is 1. The summed E-state index contributed by atoms with van der Waals surface area (Å²) < 4.78 is 0. The maximum absolute atomic E-state index is 11.9. The number of hydrogen-bond donors (Lipinski definition) is 0. The van der Waals surface area contributed by atoms with E-state index in [4.69, 9.17) is 0 Å². The summed E-state index contributed by atoms with van der Waals surface area (Å²) in [5.41, 5.74) is -0.0444. The predicted octanol–water partition coefficient (Wildman–Crippen LogP) is 4.67. The highest BCUT2D eigenvalue weighted by Crippen LogP contribution is 2.39. The van der Waals surface area contributed by atoms with E-state index >= 15 is 0 Å². The average molecular weight is 293 g/mol. The van der Waals surface area contributed by atoms with Gasteiger partial charge in [0.2, 0.25) is 0 Å². The Hall–Kier alpha value is -0.370. The molecule has 0 spiro atoms. The third-order valence-electron chi connectivity index (χ3n) is 5.73. The van der Waals surface area contributed by atoms with Crippen LogP contribution >= 0.6 is 0 Å². The summed E-state index contributed by atoms with van der Waals surface area (Å²) in [5, 5.41) is 0. The fourth-order valence-corrected chi connectivity index (χ4v) is 4.48. The zero-order valence-electron chi connectivity index (χ0n) is 14.4. The summed E-state index contributed by atoms with van der Waals surface area (Å²) in [4.78, 5) is 14.6. The molecular formula is C19H35NO. The van der Waals surface area contributed by atoms with Crippen molar-refractivity contribution in [3.63, 3.8) is 0 Å². The van der Waals surface area contributed by atoms with E-state index in [2.05, 4.69) is 25.7 Å². The van der Waals surface area contributed by atoms with E-state index in [1.54, 1.807) is 0 Å². The molecule has 0 aromatic rings. The lowest BCUT2D eigenvalue weighted by molar-refractivity contribution is -0.120. The van der Waals surface area contributed by atoms with Crippen LogP contribution in [-0.4, -0.2) is 30.3 Å². The van der Waals surface area contributed by atoms with Crippen LogP contribution in [-0.2, 0) is 4.79 Å². The lowest BCUT2D eigenvalue weighted by Crippen LogP contribution is -2.46. The van der Waals surface area contributed by atoms with E-state index in [0.717, 1.165) is 37.3 Å². The first-order chi connectivity index (χ1) is 10.0. The van der Waals surface area contributed by atoms with E-state index in [1.165, 1.54) is 57.8 Å². The van der Waals surface area contributed by atoms with Gasteiger partial charge in [-0.05, 0) is 50.5 Å². The standard InChI is InChI=1S/C19H35NO/c1-16(2)10-12-20(18-8-4-5-9-18)14-19(15-21)11-6-7-17(3)13-19/h15-18H,4-14H2,1-3H3. The van der Waals surface area contributed by atoms with E-state index in [0.29, 0.717) is 0 Å². The second-order valence-electron chi connectivity index (χ2n) is 8.27. The predicted molar refractivity (Wildman–Crippen MR) is 89.4 cm³/mol. The van der Waals surface area contributed by atoms with E-state index in [9.17, 15) is 4.79 Å². The maximum atomic E-state index is 11.9. The van der Waals surface area contributed by atoms with Gasteiger partial charge in [0, 0.05) is 18.0 Å². The molecule has 0 saturated heterocycles. The number of rotatable bonds is 7. The number of nitrogens with zero attached hydrogens (tertiary/aromatic N) is 1. The normalized spacial score (nSPS) is 31.2.